The zero-order valence-electron chi connectivity index (χ0n) is 17.4. The van der Waals surface area contributed by atoms with E-state index in [1.54, 1.807) is 47.4 Å². The van der Waals surface area contributed by atoms with Crippen molar-refractivity contribution in [3.8, 4) is 0 Å². The number of carbonyl (C=O) groups is 2. The molecule has 0 aromatic heterocycles. The smallest absolute Gasteiger partial charge is 0.264 e. The second kappa shape index (κ2) is 7.62. The molecule has 1 aliphatic rings. The molecule has 32 heavy (non-hydrogen) atoms. The van der Waals surface area contributed by atoms with Gasteiger partial charge in [0.1, 0.15) is 0 Å². The van der Waals surface area contributed by atoms with Crippen molar-refractivity contribution in [2.45, 2.75) is 18.6 Å². The summed E-state index contributed by atoms with van der Waals surface area (Å²) in [5.41, 5.74) is 6.74. The number of hydrogen-bond donors (Lipinski definition) is 2. The molecule has 1 aliphatic heterocycles. The van der Waals surface area contributed by atoms with E-state index in [9.17, 15) is 14.7 Å². The molecule has 5 heteroatoms. The minimum Gasteiger partial charge on any atom is -0.399 e. The number of ketones is 1. The SMILES string of the molecule is Nc1cccc(C(=O)C[C@@]2(O)C(=O)N(Cc3cccc4ccccc34)c3ccccc32)c1. The van der Waals surface area contributed by atoms with E-state index < -0.39 is 11.5 Å². The van der Waals surface area contributed by atoms with Crippen molar-refractivity contribution < 1.29 is 14.7 Å². The van der Waals surface area contributed by atoms with Gasteiger partial charge in [-0.2, -0.15) is 0 Å². The van der Waals surface area contributed by atoms with Gasteiger partial charge in [0.25, 0.3) is 5.91 Å². The van der Waals surface area contributed by atoms with Crippen LogP contribution in [0.3, 0.4) is 0 Å². The Morgan fingerprint density at radius 3 is 2.47 bits per heavy atom. The zero-order chi connectivity index (χ0) is 22.3. The minimum atomic E-state index is -1.93. The summed E-state index contributed by atoms with van der Waals surface area (Å²) in [4.78, 5) is 28.1. The number of hydrogen-bond acceptors (Lipinski definition) is 4. The number of para-hydroxylation sites is 1. The second-order valence-electron chi connectivity index (χ2n) is 8.13. The average molecular weight is 422 g/mol. The number of anilines is 2. The van der Waals surface area contributed by atoms with E-state index in [4.69, 9.17) is 5.73 Å². The third kappa shape index (κ3) is 3.24. The summed E-state index contributed by atoms with van der Waals surface area (Å²) in [5, 5.41) is 13.7. The van der Waals surface area contributed by atoms with Crippen LogP contribution in [0.1, 0.15) is 27.9 Å². The molecular formula is C27H22N2O3. The summed E-state index contributed by atoms with van der Waals surface area (Å²) < 4.78 is 0. The van der Waals surface area contributed by atoms with Crippen molar-refractivity contribution in [2.24, 2.45) is 0 Å². The van der Waals surface area contributed by atoms with Gasteiger partial charge in [0, 0.05) is 16.8 Å². The standard InChI is InChI=1S/C27H22N2O3/c28-21-11-6-9-19(15-21)25(30)16-27(32)23-13-3-4-14-24(23)29(26(27)31)17-20-10-5-8-18-7-1-2-12-22(18)20/h1-15,32H,16-17,28H2/t27-/m0/s1. The van der Waals surface area contributed by atoms with Crippen LogP contribution in [0.25, 0.3) is 10.8 Å². The molecule has 158 valence electrons. The van der Waals surface area contributed by atoms with Crippen LogP contribution in [0.4, 0.5) is 11.4 Å². The number of carbonyl (C=O) groups excluding carboxylic acids is 2. The number of benzene rings is 4. The fourth-order valence-electron chi connectivity index (χ4n) is 4.48. The highest BCUT2D eigenvalue weighted by atomic mass is 16.3. The average Bonchev–Trinajstić information content (AvgIpc) is 3.01. The first-order valence-electron chi connectivity index (χ1n) is 10.5. The van der Waals surface area contributed by atoms with E-state index >= 15 is 0 Å². The van der Waals surface area contributed by atoms with E-state index in [2.05, 4.69) is 0 Å². The number of amides is 1. The first kappa shape index (κ1) is 20.0. The largest absolute Gasteiger partial charge is 0.399 e. The highest BCUT2D eigenvalue weighted by Crippen LogP contribution is 2.44. The van der Waals surface area contributed by atoms with Crippen LogP contribution in [0.2, 0.25) is 0 Å². The molecule has 3 N–H and O–H groups in total. The lowest BCUT2D eigenvalue weighted by Crippen LogP contribution is -2.41. The van der Waals surface area contributed by atoms with Crippen LogP contribution in [0.15, 0.2) is 91.0 Å². The highest BCUT2D eigenvalue weighted by Gasteiger charge is 2.50. The zero-order valence-corrected chi connectivity index (χ0v) is 17.4. The third-order valence-electron chi connectivity index (χ3n) is 6.07. The van der Waals surface area contributed by atoms with Crippen LogP contribution in [0.5, 0.6) is 0 Å². The molecule has 0 bridgehead atoms. The van der Waals surface area contributed by atoms with Crippen molar-refractivity contribution in [1.29, 1.82) is 0 Å². The van der Waals surface area contributed by atoms with Gasteiger partial charge in [-0.3, -0.25) is 9.59 Å². The summed E-state index contributed by atoms with van der Waals surface area (Å²) in [7, 11) is 0. The molecule has 0 saturated heterocycles. The Kier molecular flexibility index (Phi) is 4.76. The predicted octanol–water partition coefficient (Wildman–Crippen LogP) is 4.43. The van der Waals surface area contributed by atoms with E-state index in [1.165, 1.54) is 0 Å². The fraction of sp³-hybridized carbons (Fsp3) is 0.111. The third-order valence-corrected chi connectivity index (χ3v) is 6.07. The maximum Gasteiger partial charge on any atom is 0.264 e. The Labute approximate surface area is 185 Å². The Bertz CT molecular complexity index is 1360. The number of nitrogen functional groups attached to an aromatic ring is 1. The molecule has 5 rings (SSSR count). The van der Waals surface area contributed by atoms with Crippen molar-refractivity contribution in [1.82, 2.24) is 0 Å². The number of Topliss-reactive ketones (excluding diaryl/α,β-unsaturated/α-hetero) is 1. The van der Waals surface area contributed by atoms with E-state index in [-0.39, 0.29) is 12.2 Å². The van der Waals surface area contributed by atoms with E-state index in [1.807, 2.05) is 48.5 Å². The monoisotopic (exact) mass is 422 g/mol. The fourth-order valence-corrected chi connectivity index (χ4v) is 4.48. The Morgan fingerprint density at radius 1 is 0.906 bits per heavy atom. The molecule has 0 spiro atoms. The number of rotatable bonds is 5. The van der Waals surface area contributed by atoms with E-state index in [0.717, 1.165) is 16.3 Å². The maximum absolute atomic E-state index is 13.6. The molecular weight excluding hydrogens is 400 g/mol. The molecule has 0 radical (unpaired) electrons. The summed E-state index contributed by atoms with van der Waals surface area (Å²) in [6, 6.07) is 27.6. The number of fused-ring (bicyclic) bond motifs is 2. The van der Waals surface area contributed by atoms with Crippen molar-refractivity contribution >= 4 is 33.8 Å². The Balaban J connectivity index is 1.52. The molecule has 1 heterocycles. The van der Waals surface area contributed by atoms with Crippen molar-refractivity contribution in [3.63, 3.8) is 0 Å². The molecule has 4 aromatic rings. The first-order valence-corrected chi connectivity index (χ1v) is 10.5. The Morgan fingerprint density at radius 2 is 1.62 bits per heavy atom. The van der Waals surface area contributed by atoms with Gasteiger partial charge in [-0.15, -0.1) is 0 Å². The van der Waals surface area contributed by atoms with Gasteiger partial charge in [0.05, 0.1) is 18.7 Å². The molecule has 0 aliphatic carbocycles. The lowest BCUT2D eigenvalue weighted by molar-refractivity contribution is -0.136. The van der Waals surface area contributed by atoms with E-state index in [0.29, 0.717) is 29.0 Å². The predicted molar refractivity (Wildman–Crippen MR) is 125 cm³/mol. The van der Waals surface area contributed by atoms with Gasteiger partial charge >= 0.3 is 0 Å². The van der Waals surface area contributed by atoms with Gasteiger partial charge in [0.2, 0.25) is 0 Å². The molecule has 1 amide bonds. The summed E-state index contributed by atoms with van der Waals surface area (Å²) in [6.07, 6.45) is -0.349. The van der Waals surface area contributed by atoms with Gasteiger partial charge in [-0.25, -0.2) is 0 Å². The minimum absolute atomic E-state index is 0.298. The van der Waals surface area contributed by atoms with Crippen LogP contribution in [-0.2, 0) is 16.9 Å². The molecule has 0 saturated carbocycles. The molecule has 0 fully saturated rings. The van der Waals surface area contributed by atoms with Gasteiger partial charge in [0.15, 0.2) is 11.4 Å². The van der Waals surface area contributed by atoms with Crippen LogP contribution < -0.4 is 10.6 Å². The number of aliphatic hydroxyl groups is 1. The quantitative estimate of drug-likeness (QED) is 0.368. The van der Waals surface area contributed by atoms with Crippen molar-refractivity contribution in [2.75, 3.05) is 10.6 Å². The second-order valence-corrected chi connectivity index (χ2v) is 8.13. The molecule has 1 atom stereocenters. The molecule has 5 nitrogen and oxygen atoms in total. The van der Waals surface area contributed by atoms with Gasteiger partial charge < -0.3 is 15.7 Å². The number of nitrogens with two attached hydrogens (primary N) is 1. The maximum atomic E-state index is 13.6. The highest BCUT2D eigenvalue weighted by molar-refractivity contribution is 6.11. The lowest BCUT2D eigenvalue weighted by Gasteiger charge is -2.23. The summed E-state index contributed by atoms with van der Waals surface area (Å²) in [5.74, 6) is -0.834. The Hall–Kier alpha value is -3.96. The topological polar surface area (TPSA) is 83.6 Å². The van der Waals surface area contributed by atoms with Crippen LogP contribution in [-0.4, -0.2) is 16.8 Å². The number of nitrogens with zero attached hydrogens (tertiary/aromatic N) is 1. The molecule has 4 aromatic carbocycles. The summed E-state index contributed by atoms with van der Waals surface area (Å²) in [6.45, 7) is 0.298. The van der Waals surface area contributed by atoms with Crippen molar-refractivity contribution in [3.05, 3.63) is 108 Å². The summed E-state index contributed by atoms with van der Waals surface area (Å²) >= 11 is 0. The first-order chi connectivity index (χ1) is 15.5. The van der Waals surface area contributed by atoms with Crippen LogP contribution >= 0.6 is 0 Å². The lowest BCUT2D eigenvalue weighted by atomic mass is 9.88. The van der Waals surface area contributed by atoms with Gasteiger partial charge in [-0.05, 0) is 34.5 Å². The normalized spacial score (nSPS) is 17.5. The van der Waals surface area contributed by atoms with Crippen LogP contribution in [0, 0.1) is 0 Å². The molecule has 0 unspecified atom stereocenters. The van der Waals surface area contributed by atoms with Gasteiger partial charge in [-0.1, -0.05) is 72.8 Å².